The van der Waals surface area contributed by atoms with Crippen LogP contribution in [0.15, 0.2) is 28.8 Å². The van der Waals surface area contributed by atoms with Crippen molar-refractivity contribution in [2.75, 3.05) is 6.61 Å². The average Bonchev–Trinajstić information content (AvgIpc) is 2.72. The summed E-state index contributed by atoms with van der Waals surface area (Å²) in [6.07, 6.45) is 0.275. The molecule has 0 amide bonds. The molecule has 1 fully saturated rings. The molecule has 1 aromatic rings. The summed E-state index contributed by atoms with van der Waals surface area (Å²) in [6.45, 7) is 7.62. The molecule has 2 aliphatic rings. The van der Waals surface area contributed by atoms with Gasteiger partial charge in [-0.1, -0.05) is 0 Å². The fourth-order valence-corrected chi connectivity index (χ4v) is 3.32. The standard InChI is InChI=1S/C16H21BFNO5S/c1-15(2)16(3,4)24-17(23-15)14(18)11-7-8-22-13-6-5-10(9-12(11)13)25(19,20)21/h5-6,9H,7-8H2,1-4H3,(H2,19,20,21). The van der Waals surface area contributed by atoms with E-state index in [9.17, 15) is 8.42 Å². The van der Waals surface area contributed by atoms with Crippen LogP contribution in [0.4, 0.5) is 4.39 Å². The van der Waals surface area contributed by atoms with Crippen molar-refractivity contribution in [3.63, 3.8) is 0 Å². The van der Waals surface area contributed by atoms with Gasteiger partial charge in [-0.25, -0.2) is 17.9 Å². The van der Waals surface area contributed by atoms with Crippen LogP contribution in [0.5, 0.6) is 5.75 Å². The van der Waals surface area contributed by atoms with Crippen LogP contribution < -0.4 is 9.88 Å². The van der Waals surface area contributed by atoms with Crippen molar-refractivity contribution in [2.45, 2.75) is 50.2 Å². The fraction of sp³-hybridized carbons (Fsp3) is 0.500. The van der Waals surface area contributed by atoms with Gasteiger partial charge < -0.3 is 14.0 Å². The van der Waals surface area contributed by atoms with Crippen molar-refractivity contribution in [3.05, 3.63) is 29.5 Å². The SMILES string of the molecule is CC1(C)OB(C(F)=C2CCOc3ccc(S(N)(=O)=O)cc32)OC1(C)C. The minimum atomic E-state index is -3.90. The molecule has 3 rings (SSSR count). The maximum Gasteiger partial charge on any atom is 0.525 e. The summed E-state index contributed by atoms with van der Waals surface area (Å²) < 4.78 is 55.4. The first kappa shape index (κ1) is 18.4. The Morgan fingerprint density at radius 3 is 2.36 bits per heavy atom. The molecule has 0 aromatic heterocycles. The van der Waals surface area contributed by atoms with E-state index in [1.54, 1.807) is 0 Å². The number of sulfonamides is 1. The molecule has 2 aliphatic heterocycles. The highest BCUT2D eigenvalue weighted by Gasteiger charge is 2.53. The molecule has 0 spiro atoms. The van der Waals surface area contributed by atoms with E-state index in [-0.39, 0.29) is 17.9 Å². The van der Waals surface area contributed by atoms with Crippen molar-refractivity contribution < 1.29 is 26.9 Å². The van der Waals surface area contributed by atoms with Crippen LogP contribution in [0.2, 0.25) is 0 Å². The lowest BCUT2D eigenvalue weighted by Crippen LogP contribution is -2.41. The normalized spacial score (nSPS) is 23.8. The lowest BCUT2D eigenvalue weighted by molar-refractivity contribution is 0.00578. The van der Waals surface area contributed by atoms with Crippen molar-refractivity contribution in [1.82, 2.24) is 0 Å². The van der Waals surface area contributed by atoms with Gasteiger partial charge in [-0.3, -0.25) is 0 Å². The Morgan fingerprint density at radius 2 is 1.80 bits per heavy atom. The van der Waals surface area contributed by atoms with E-state index in [2.05, 4.69) is 0 Å². The van der Waals surface area contributed by atoms with Gasteiger partial charge in [0.05, 0.1) is 22.7 Å². The Morgan fingerprint density at radius 1 is 1.20 bits per heavy atom. The highest BCUT2D eigenvalue weighted by molar-refractivity contribution is 7.89. The van der Waals surface area contributed by atoms with Gasteiger partial charge in [-0.2, -0.15) is 0 Å². The van der Waals surface area contributed by atoms with E-state index in [0.29, 0.717) is 16.9 Å². The second kappa shape index (κ2) is 5.80. The first-order valence-corrected chi connectivity index (χ1v) is 9.51. The van der Waals surface area contributed by atoms with Gasteiger partial charge in [0.15, 0.2) is 0 Å². The lowest BCUT2D eigenvalue weighted by Gasteiger charge is -2.32. The summed E-state index contributed by atoms with van der Waals surface area (Å²) in [5.74, 6) is 0.403. The van der Waals surface area contributed by atoms with Gasteiger partial charge in [0.1, 0.15) is 11.5 Å². The van der Waals surface area contributed by atoms with E-state index < -0.39 is 34.1 Å². The molecule has 0 unspecified atom stereocenters. The Labute approximate surface area is 147 Å². The van der Waals surface area contributed by atoms with E-state index in [1.807, 2.05) is 27.7 Å². The second-order valence-corrected chi connectivity index (χ2v) is 8.78. The average molecular weight is 369 g/mol. The molecular weight excluding hydrogens is 348 g/mol. The number of fused-ring (bicyclic) bond motifs is 1. The van der Waals surface area contributed by atoms with Crippen LogP contribution in [0, 0.1) is 0 Å². The molecule has 0 aliphatic carbocycles. The van der Waals surface area contributed by atoms with Crippen molar-refractivity contribution in [1.29, 1.82) is 0 Å². The Balaban J connectivity index is 2.06. The van der Waals surface area contributed by atoms with Crippen LogP contribution in [0.3, 0.4) is 0 Å². The van der Waals surface area contributed by atoms with Crippen molar-refractivity contribution in [3.8, 4) is 5.75 Å². The Bertz CT molecular complexity index is 834. The third-order valence-electron chi connectivity index (χ3n) is 4.96. The molecule has 0 bridgehead atoms. The molecular formula is C16H21BFNO5S. The monoisotopic (exact) mass is 369 g/mol. The molecule has 1 aromatic carbocycles. The first-order valence-electron chi connectivity index (χ1n) is 7.96. The summed E-state index contributed by atoms with van der Waals surface area (Å²) in [4.78, 5) is -0.101. The second-order valence-electron chi connectivity index (χ2n) is 7.22. The lowest BCUT2D eigenvalue weighted by atomic mass is 9.81. The summed E-state index contributed by atoms with van der Waals surface area (Å²) in [6, 6.07) is 4.14. The number of rotatable bonds is 2. The zero-order valence-corrected chi connectivity index (χ0v) is 15.4. The van der Waals surface area contributed by atoms with Crippen LogP contribution in [-0.4, -0.2) is 33.3 Å². The van der Waals surface area contributed by atoms with Gasteiger partial charge in [0, 0.05) is 12.0 Å². The van der Waals surface area contributed by atoms with Crippen LogP contribution in [-0.2, 0) is 19.3 Å². The molecule has 9 heteroatoms. The first-order chi connectivity index (χ1) is 11.4. The zero-order valence-electron chi connectivity index (χ0n) is 14.6. The topological polar surface area (TPSA) is 87.9 Å². The number of benzene rings is 1. The van der Waals surface area contributed by atoms with Gasteiger partial charge in [-0.05, 0) is 51.5 Å². The third-order valence-corrected chi connectivity index (χ3v) is 5.87. The van der Waals surface area contributed by atoms with Crippen LogP contribution in [0.25, 0.3) is 5.57 Å². The fourth-order valence-electron chi connectivity index (χ4n) is 2.78. The zero-order chi connectivity index (χ0) is 18.6. The van der Waals surface area contributed by atoms with E-state index in [0.717, 1.165) is 0 Å². The number of ether oxygens (including phenoxy) is 1. The summed E-state index contributed by atoms with van der Waals surface area (Å²) >= 11 is 0. The number of halogens is 1. The smallest absolute Gasteiger partial charge is 0.493 e. The van der Waals surface area contributed by atoms with Crippen LogP contribution in [0.1, 0.15) is 39.7 Å². The molecule has 136 valence electrons. The van der Waals surface area contributed by atoms with Gasteiger partial charge in [0.2, 0.25) is 10.0 Å². The molecule has 25 heavy (non-hydrogen) atoms. The summed E-state index contributed by atoms with van der Waals surface area (Å²) in [5, 5.41) is 5.18. The quantitative estimate of drug-likeness (QED) is 0.809. The molecule has 0 saturated carbocycles. The minimum absolute atomic E-state index is 0.101. The highest BCUT2D eigenvalue weighted by atomic mass is 32.2. The molecule has 0 radical (unpaired) electrons. The Hall–Kier alpha value is -1.42. The summed E-state index contributed by atoms with van der Waals surface area (Å²) in [7, 11) is -5.05. The molecule has 2 heterocycles. The van der Waals surface area contributed by atoms with Gasteiger partial charge >= 0.3 is 7.12 Å². The maximum atomic E-state index is 15.2. The molecule has 1 saturated heterocycles. The maximum absolute atomic E-state index is 15.2. The third kappa shape index (κ3) is 3.21. The number of hydrogen-bond acceptors (Lipinski definition) is 5. The Kier molecular flexibility index (Phi) is 4.27. The number of nitrogens with two attached hydrogens (primary N) is 1. The van der Waals surface area contributed by atoms with E-state index in [4.69, 9.17) is 19.2 Å². The number of primary sulfonamides is 1. The van der Waals surface area contributed by atoms with Crippen LogP contribution >= 0.6 is 0 Å². The van der Waals surface area contributed by atoms with E-state index >= 15 is 4.39 Å². The van der Waals surface area contributed by atoms with Gasteiger partial charge in [0.25, 0.3) is 0 Å². The molecule has 0 atom stereocenters. The predicted octanol–water partition coefficient (Wildman–Crippen LogP) is 2.43. The van der Waals surface area contributed by atoms with Crippen molar-refractivity contribution >= 4 is 22.7 Å². The minimum Gasteiger partial charge on any atom is -0.493 e. The van der Waals surface area contributed by atoms with Crippen molar-refractivity contribution in [2.24, 2.45) is 5.14 Å². The molecule has 6 nitrogen and oxygen atoms in total. The predicted molar refractivity (Wildman–Crippen MR) is 92.0 cm³/mol. The number of hydrogen-bond donors (Lipinski definition) is 1. The van der Waals surface area contributed by atoms with Gasteiger partial charge in [-0.15, -0.1) is 0 Å². The molecule has 2 N–H and O–H groups in total. The summed E-state index contributed by atoms with van der Waals surface area (Å²) in [5.41, 5.74) is -1.26. The van der Waals surface area contributed by atoms with E-state index in [1.165, 1.54) is 18.2 Å². The highest BCUT2D eigenvalue weighted by Crippen LogP contribution is 2.43. The largest absolute Gasteiger partial charge is 0.525 e.